The molecule has 0 saturated heterocycles. The Balaban J connectivity index is 2.54. The highest BCUT2D eigenvalue weighted by molar-refractivity contribution is 6.18. The van der Waals surface area contributed by atoms with Gasteiger partial charge in [0, 0.05) is 12.4 Å². The van der Waals surface area contributed by atoms with Crippen LogP contribution in [0.4, 0.5) is 0 Å². The fraction of sp³-hybridized carbons (Fsp3) is 0.308. The number of hydrogen-bond donors (Lipinski definition) is 1. The Morgan fingerprint density at radius 1 is 1.17 bits per heavy atom. The summed E-state index contributed by atoms with van der Waals surface area (Å²) in [6, 6.07) is 7.56. The van der Waals surface area contributed by atoms with E-state index in [9.17, 15) is 4.79 Å². The summed E-state index contributed by atoms with van der Waals surface area (Å²) in [5.74, 6) is 0.435. The second-order valence-electron chi connectivity index (χ2n) is 3.88. The van der Waals surface area contributed by atoms with Crippen LogP contribution < -0.4 is 5.69 Å². The van der Waals surface area contributed by atoms with Gasteiger partial charge in [-0.15, -0.1) is 11.6 Å². The van der Waals surface area contributed by atoms with Crippen LogP contribution in [0.3, 0.4) is 0 Å². The maximum absolute atomic E-state index is 12.2. The molecule has 0 radical (unpaired) electrons. The summed E-state index contributed by atoms with van der Waals surface area (Å²) < 4.78 is 3.26. The van der Waals surface area contributed by atoms with Gasteiger partial charge in [-0.05, 0) is 12.1 Å². The highest BCUT2D eigenvalue weighted by Gasteiger charge is 2.10. The van der Waals surface area contributed by atoms with Crippen LogP contribution in [0.25, 0.3) is 11.0 Å². The van der Waals surface area contributed by atoms with Gasteiger partial charge < -0.3 is 5.11 Å². The van der Waals surface area contributed by atoms with Crippen LogP contribution in [0, 0.1) is 0 Å². The third-order valence-electron chi connectivity index (χ3n) is 2.79. The first-order valence-electron chi connectivity index (χ1n) is 5.79. The number of aliphatic hydroxyl groups excluding tert-OH is 1. The first-order chi connectivity index (χ1) is 8.79. The number of rotatable bonds is 5. The summed E-state index contributed by atoms with van der Waals surface area (Å²) in [4.78, 5) is 12.2. The van der Waals surface area contributed by atoms with Gasteiger partial charge in [0.15, 0.2) is 0 Å². The lowest BCUT2D eigenvalue weighted by Gasteiger charge is -1.97. The number of halogens is 1. The average Bonchev–Trinajstić information content (AvgIpc) is 2.65. The maximum Gasteiger partial charge on any atom is 0.329 e. The molecule has 0 unspecified atom stereocenters. The molecule has 18 heavy (non-hydrogen) atoms. The van der Waals surface area contributed by atoms with Crippen LogP contribution in [0.5, 0.6) is 0 Å². The van der Waals surface area contributed by atoms with E-state index in [1.807, 2.05) is 36.4 Å². The fourth-order valence-electron chi connectivity index (χ4n) is 2.01. The van der Waals surface area contributed by atoms with Crippen molar-refractivity contribution in [3.8, 4) is 0 Å². The second kappa shape index (κ2) is 5.89. The van der Waals surface area contributed by atoms with Crippen LogP contribution in [0.2, 0.25) is 0 Å². The van der Waals surface area contributed by atoms with Crippen molar-refractivity contribution in [2.24, 2.45) is 0 Å². The monoisotopic (exact) mass is 266 g/mol. The van der Waals surface area contributed by atoms with E-state index in [-0.39, 0.29) is 12.3 Å². The summed E-state index contributed by atoms with van der Waals surface area (Å²) in [5.41, 5.74) is 1.61. The van der Waals surface area contributed by atoms with Crippen molar-refractivity contribution in [1.82, 2.24) is 9.13 Å². The van der Waals surface area contributed by atoms with Gasteiger partial charge in [0.1, 0.15) is 0 Å². The molecule has 1 aromatic heterocycles. The molecule has 0 aliphatic heterocycles. The Hall–Kier alpha value is -1.52. The number of imidazole rings is 1. The van der Waals surface area contributed by atoms with Crippen LogP contribution in [0.1, 0.15) is 0 Å². The molecule has 0 spiro atoms. The predicted octanol–water partition coefficient (Wildman–Crippen LogP) is 1.59. The third kappa shape index (κ3) is 2.35. The first-order valence-corrected chi connectivity index (χ1v) is 6.33. The quantitative estimate of drug-likeness (QED) is 0.660. The van der Waals surface area contributed by atoms with Gasteiger partial charge in [0.2, 0.25) is 0 Å². The third-order valence-corrected chi connectivity index (χ3v) is 2.97. The van der Waals surface area contributed by atoms with E-state index in [0.717, 1.165) is 11.0 Å². The van der Waals surface area contributed by atoms with E-state index < -0.39 is 0 Å². The molecule has 1 heterocycles. The molecule has 4 nitrogen and oxygen atoms in total. The predicted molar refractivity (Wildman–Crippen MR) is 73.1 cm³/mol. The van der Waals surface area contributed by atoms with E-state index >= 15 is 0 Å². The molecular weight excluding hydrogens is 252 g/mol. The molecule has 0 aliphatic carbocycles. The van der Waals surface area contributed by atoms with Crippen LogP contribution in [-0.2, 0) is 13.1 Å². The molecule has 0 saturated carbocycles. The lowest BCUT2D eigenvalue weighted by Crippen LogP contribution is -2.25. The topological polar surface area (TPSA) is 47.2 Å². The van der Waals surface area contributed by atoms with E-state index in [4.69, 9.17) is 16.7 Å². The fourth-order valence-corrected chi connectivity index (χ4v) is 2.13. The number of nitrogens with zero attached hydrogens (tertiary/aromatic N) is 2. The lowest BCUT2D eigenvalue weighted by atomic mass is 10.3. The molecule has 96 valence electrons. The Bertz CT molecular complexity index is 613. The molecule has 0 bridgehead atoms. The van der Waals surface area contributed by atoms with Crippen molar-refractivity contribution < 1.29 is 5.11 Å². The number of alkyl halides is 1. The summed E-state index contributed by atoms with van der Waals surface area (Å²) in [5, 5.41) is 9.03. The smallest absolute Gasteiger partial charge is 0.329 e. The molecule has 1 aromatic carbocycles. The lowest BCUT2D eigenvalue weighted by molar-refractivity contribution is 0.275. The number of hydrogen-bond acceptors (Lipinski definition) is 2. The standard InChI is InChI=1S/C13H15ClN2O2/c14-7-3-4-8-15-11-5-1-2-6-12(11)16(9-10-17)13(15)18/h1-6,17H,7-10H2/b4-3-. The highest BCUT2D eigenvalue weighted by Crippen LogP contribution is 2.12. The van der Waals surface area contributed by atoms with E-state index in [2.05, 4.69) is 0 Å². The number of allylic oxidation sites excluding steroid dienone is 2. The number of benzene rings is 1. The van der Waals surface area contributed by atoms with Crippen LogP contribution in [0.15, 0.2) is 41.2 Å². The van der Waals surface area contributed by atoms with E-state index in [1.54, 1.807) is 9.13 Å². The van der Waals surface area contributed by atoms with Gasteiger partial charge in [-0.2, -0.15) is 0 Å². The zero-order valence-electron chi connectivity index (χ0n) is 9.92. The zero-order valence-corrected chi connectivity index (χ0v) is 10.7. The Labute approximate surface area is 110 Å². The Morgan fingerprint density at radius 3 is 2.44 bits per heavy atom. The summed E-state index contributed by atoms with van der Waals surface area (Å²) in [6.45, 7) is 0.751. The minimum Gasteiger partial charge on any atom is -0.395 e. The van der Waals surface area contributed by atoms with Crippen molar-refractivity contribution >= 4 is 22.6 Å². The minimum absolute atomic E-state index is 0.0502. The van der Waals surface area contributed by atoms with E-state index in [1.165, 1.54) is 0 Å². The minimum atomic E-state index is -0.107. The molecule has 2 rings (SSSR count). The molecule has 5 heteroatoms. The summed E-state index contributed by atoms with van der Waals surface area (Å²) in [7, 11) is 0. The normalized spacial score (nSPS) is 11.7. The van der Waals surface area contributed by atoms with Crippen molar-refractivity contribution in [1.29, 1.82) is 0 Å². The molecule has 1 N–H and O–H groups in total. The average molecular weight is 267 g/mol. The zero-order chi connectivity index (χ0) is 13.0. The molecule has 0 amide bonds. The van der Waals surface area contributed by atoms with Crippen molar-refractivity contribution in [2.45, 2.75) is 13.1 Å². The summed E-state index contributed by atoms with van der Waals surface area (Å²) >= 11 is 5.57. The van der Waals surface area contributed by atoms with Crippen molar-refractivity contribution in [3.63, 3.8) is 0 Å². The van der Waals surface area contributed by atoms with Gasteiger partial charge in [-0.3, -0.25) is 9.13 Å². The number of para-hydroxylation sites is 2. The Kier molecular flexibility index (Phi) is 4.23. The molecule has 2 aromatic rings. The number of fused-ring (bicyclic) bond motifs is 1. The van der Waals surface area contributed by atoms with Crippen molar-refractivity contribution in [3.05, 3.63) is 46.9 Å². The Morgan fingerprint density at radius 2 is 1.83 bits per heavy atom. The van der Waals surface area contributed by atoms with Gasteiger partial charge in [-0.25, -0.2) is 4.79 Å². The van der Waals surface area contributed by atoms with Gasteiger partial charge in [-0.1, -0.05) is 24.3 Å². The number of aliphatic hydroxyl groups is 1. The highest BCUT2D eigenvalue weighted by atomic mass is 35.5. The maximum atomic E-state index is 12.2. The molecule has 0 fully saturated rings. The summed E-state index contributed by atoms with van der Waals surface area (Å²) in [6.07, 6.45) is 3.68. The van der Waals surface area contributed by atoms with Gasteiger partial charge in [0.05, 0.1) is 24.2 Å². The van der Waals surface area contributed by atoms with E-state index in [0.29, 0.717) is 19.0 Å². The van der Waals surface area contributed by atoms with Gasteiger partial charge in [0.25, 0.3) is 0 Å². The van der Waals surface area contributed by atoms with Crippen LogP contribution in [-0.4, -0.2) is 26.7 Å². The largest absolute Gasteiger partial charge is 0.395 e. The molecular formula is C13H15ClN2O2. The van der Waals surface area contributed by atoms with Crippen LogP contribution >= 0.6 is 11.6 Å². The molecule has 0 aliphatic rings. The SMILES string of the molecule is O=c1n(C/C=C\CCl)c2ccccc2n1CCO. The van der Waals surface area contributed by atoms with Gasteiger partial charge >= 0.3 is 5.69 Å². The second-order valence-corrected chi connectivity index (χ2v) is 4.19. The first kappa shape index (κ1) is 12.9. The number of aromatic nitrogens is 2. The molecule has 0 atom stereocenters. The van der Waals surface area contributed by atoms with Crippen molar-refractivity contribution in [2.75, 3.05) is 12.5 Å².